The highest BCUT2D eigenvalue weighted by atomic mass is 35.5. The molecule has 1 rings (SSSR count). The molecule has 0 bridgehead atoms. The summed E-state index contributed by atoms with van der Waals surface area (Å²) in [6.45, 7) is 0. The van der Waals surface area contributed by atoms with Crippen molar-refractivity contribution in [3.63, 3.8) is 0 Å². The van der Waals surface area contributed by atoms with Crippen LogP contribution >= 0.6 is 23.2 Å². The second-order valence-corrected chi connectivity index (χ2v) is 4.75. The number of rotatable bonds is 3. The molecule has 1 saturated carbocycles. The summed E-state index contributed by atoms with van der Waals surface area (Å²) in [4.78, 5) is -0.142. The van der Waals surface area contributed by atoms with E-state index in [0.29, 0.717) is 0 Å². The Hall–Kier alpha value is 0.580. The first-order chi connectivity index (χ1) is 5.29. The van der Waals surface area contributed by atoms with Gasteiger partial charge in [0.2, 0.25) is 0 Å². The summed E-state index contributed by atoms with van der Waals surface area (Å²) in [6, 6.07) is 0. The van der Waals surface area contributed by atoms with Crippen LogP contribution in [0, 0.1) is 5.92 Å². The second kappa shape index (κ2) is 5.27. The maximum Gasteiger partial charge on any atom is 0.107 e. The third kappa shape index (κ3) is 4.22. The van der Waals surface area contributed by atoms with Crippen LogP contribution in [0.3, 0.4) is 0 Å². The van der Waals surface area contributed by atoms with E-state index in [1.165, 1.54) is 38.5 Å². The standard InChI is InChI=1S/C9H16Cl2/c10-9(11)7-6-8-4-2-1-3-5-8/h8-9H,1-7H2. The zero-order valence-corrected chi connectivity index (χ0v) is 8.37. The first kappa shape index (κ1) is 9.67. The molecule has 0 aliphatic heterocycles. The second-order valence-electron chi connectivity index (χ2n) is 3.47. The largest absolute Gasteiger partial charge is 0.107 e. The average molecular weight is 195 g/mol. The third-order valence-electron chi connectivity index (χ3n) is 2.52. The van der Waals surface area contributed by atoms with E-state index in [-0.39, 0.29) is 4.84 Å². The Labute approximate surface area is 79.3 Å². The quantitative estimate of drug-likeness (QED) is 0.593. The van der Waals surface area contributed by atoms with E-state index in [1.54, 1.807) is 0 Å². The van der Waals surface area contributed by atoms with Crippen LogP contribution in [0.1, 0.15) is 44.9 Å². The van der Waals surface area contributed by atoms with Crippen molar-refractivity contribution in [2.45, 2.75) is 49.8 Å². The highest BCUT2D eigenvalue weighted by molar-refractivity contribution is 6.44. The van der Waals surface area contributed by atoms with Gasteiger partial charge < -0.3 is 0 Å². The van der Waals surface area contributed by atoms with Crippen molar-refractivity contribution in [1.29, 1.82) is 0 Å². The highest BCUT2D eigenvalue weighted by Crippen LogP contribution is 2.28. The SMILES string of the molecule is ClC(Cl)CCC1CCCCC1. The molecule has 0 aromatic carbocycles. The molecule has 0 N–H and O–H groups in total. The summed E-state index contributed by atoms with van der Waals surface area (Å²) >= 11 is 11.3. The summed E-state index contributed by atoms with van der Waals surface area (Å²) in [7, 11) is 0. The van der Waals surface area contributed by atoms with Gasteiger partial charge in [0.1, 0.15) is 4.84 Å². The Balaban J connectivity index is 2.05. The van der Waals surface area contributed by atoms with Gasteiger partial charge in [-0.25, -0.2) is 0 Å². The maximum absolute atomic E-state index is 5.66. The zero-order chi connectivity index (χ0) is 8.10. The molecule has 1 aliphatic carbocycles. The van der Waals surface area contributed by atoms with E-state index >= 15 is 0 Å². The summed E-state index contributed by atoms with van der Waals surface area (Å²) in [5, 5.41) is 0. The average Bonchev–Trinajstić information content (AvgIpc) is 2.03. The van der Waals surface area contributed by atoms with Crippen LogP contribution in [0.4, 0.5) is 0 Å². The molecule has 0 nitrogen and oxygen atoms in total. The molecule has 0 saturated heterocycles. The van der Waals surface area contributed by atoms with Gasteiger partial charge in [-0.2, -0.15) is 0 Å². The fourth-order valence-corrected chi connectivity index (χ4v) is 2.09. The van der Waals surface area contributed by atoms with Crippen molar-refractivity contribution in [2.24, 2.45) is 5.92 Å². The lowest BCUT2D eigenvalue weighted by molar-refractivity contribution is 0.335. The van der Waals surface area contributed by atoms with Crippen molar-refractivity contribution in [3.8, 4) is 0 Å². The van der Waals surface area contributed by atoms with Crippen LogP contribution in [-0.4, -0.2) is 4.84 Å². The number of alkyl halides is 2. The molecule has 66 valence electrons. The van der Waals surface area contributed by atoms with Crippen molar-refractivity contribution in [2.75, 3.05) is 0 Å². The van der Waals surface area contributed by atoms with Crippen LogP contribution in [0.25, 0.3) is 0 Å². The number of hydrogen-bond donors (Lipinski definition) is 0. The lowest BCUT2D eigenvalue weighted by atomic mass is 9.86. The molecule has 0 spiro atoms. The lowest BCUT2D eigenvalue weighted by Gasteiger charge is -2.21. The van der Waals surface area contributed by atoms with E-state index < -0.39 is 0 Å². The highest BCUT2D eigenvalue weighted by Gasteiger charge is 2.13. The van der Waals surface area contributed by atoms with Crippen molar-refractivity contribution < 1.29 is 0 Å². The summed E-state index contributed by atoms with van der Waals surface area (Å²) in [6.07, 6.45) is 9.29. The summed E-state index contributed by atoms with van der Waals surface area (Å²) < 4.78 is 0. The third-order valence-corrected chi connectivity index (χ3v) is 2.95. The van der Waals surface area contributed by atoms with Gasteiger partial charge in [-0.15, -0.1) is 23.2 Å². The Morgan fingerprint density at radius 1 is 1.09 bits per heavy atom. The van der Waals surface area contributed by atoms with Crippen LogP contribution in [0.2, 0.25) is 0 Å². The predicted molar refractivity (Wildman–Crippen MR) is 51.3 cm³/mol. The van der Waals surface area contributed by atoms with E-state index in [9.17, 15) is 0 Å². The van der Waals surface area contributed by atoms with Gasteiger partial charge in [0, 0.05) is 0 Å². The van der Waals surface area contributed by atoms with Crippen LogP contribution in [0.15, 0.2) is 0 Å². The summed E-state index contributed by atoms with van der Waals surface area (Å²) in [5.74, 6) is 0.920. The topological polar surface area (TPSA) is 0 Å². The molecular formula is C9H16Cl2. The summed E-state index contributed by atoms with van der Waals surface area (Å²) in [5.41, 5.74) is 0. The van der Waals surface area contributed by atoms with Crippen LogP contribution in [0.5, 0.6) is 0 Å². The zero-order valence-electron chi connectivity index (χ0n) is 6.86. The van der Waals surface area contributed by atoms with E-state index in [0.717, 1.165) is 12.3 Å². The molecule has 1 fully saturated rings. The lowest BCUT2D eigenvalue weighted by Crippen LogP contribution is -2.07. The molecule has 0 amide bonds. The van der Waals surface area contributed by atoms with Crippen LogP contribution in [-0.2, 0) is 0 Å². The molecule has 0 heterocycles. The van der Waals surface area contributed by atoms with E-state index in [4.69, 9.17) is 23.2 Å². The number of halogens is 2. The van der Waals surface area contributed by atoms with Gasteiger partial charge >= 0.3 is 0 Å². The smallest absolute Gasteiger partial charge is 0.105 e. The van der Waals surface area contributed by atoms with E-state index in [1.807, 2.05) is 0 Å². The molecule has 11 heavy (non-hydrogen) atoms. The normalized spacial score (nSPS) is 21.0. The van der Waals surface area contributed by atoms with Crippen molar-refractivity contribution in [3.05, 3.63) is 0 Å². The van der Waals surface area contributed by atoms with Gasteiger partial charge in [0.25, 0.3) is 0 Å². The Kier molecular flexibility index (Phi) is 4.63. The molecule has 0 atom stereocenters. The fraction of sp³-hybridized carbons (Fsp3) is 1.00. The van der Waals surface area contributed by atoms with Gasteiger partial charge in [-0.1, -0.05) is 32.1 Å². The Morgan fingerprint density at radius 2 is 1.73 bits per heavy atom. The predicted octanol–water partition coefficient (Wildman–Crippen LogP) is 4.15. The van der Waals surface area contributed by atoms with E-state index in [2.05, 4.69) is 0 Å². The first-order valence-electron chi connectivity index (χ1n) is 4.57. The molecule has 1 aliphatic rings. The van der Waals surface area contributed by atoms with Gasteiger partial charge in [-0.3, -0.25) is 0 Å². The monoisotopic (exact) mass is 194 g/mol. The number of hydrogen-bond acceptors (Lipinski definition) is 0. The minimum absolute atomic E-state index is 0.142. The Morgan fingerprint density at radius 3 is 2.27 bits per heavy atom. The fourth-order valence-electron chi connectivity index (χ4n) is 1.84. The molecular weight excluding hydrogens is 179 g/mol. The molecule has 2 heteroatoms. The van der Waals surface area contributed by atoms with Gasteiger partial charge in [0.05, 0.1) is 0 Å². The molecule has 0 aromatic rings. The molecule has 0 aromatic heterocycles. The Bertz CT molecular complexity index is 95.7. The van der Waals surface area contributed by atoms with Crippen LogP contribution < -0.4 is 0 Å². The minimum atomic E-state index is -0.142. The first-order valence-corrected chi connectivity index (χ1v) is 5.44. The minimum Gasteiger partial charge on any atom is -0.105 e. The molecule has 0 unspecified atom stereocenters. The van der Waals surface area contributed by atoms with Crippen molar-refractivity contribution in [1.82, 2.24) is 0 Å². The van der Waals surface area contributed by atoms with Gasteiger partial charge in [-0.05, 0) is 18.8 Å². The molecule has 0 radical (unpaired) electrons. The van der Waals surface area contributed by atoms with Crippen molar-refractivity contribution >= 4 is 23.2 Å². The maximum atomic E-state index is 5.66. The van der Waals surface area contributed by atoms with Gasteiger partial charge in [0.15, 0.2) is 0 Å².